The quantitative estimate of drug-likeness (QED) is 0.895. The molecular formula is C11H14N4OS2. The van der Waals surface area contributed by atoms with Crippen LogP contribution in [0.4, 0.5) is 5.13 Å². The topological polar surface area (TPSA) is 80.9 Å². The fourth-order valence-corrected chi connectivity index (χ4v) is 2.93. The third kappa shape index (κ3) is 3.05. The van der Waals surface area contributed by atoms with Crippen LogP contribution in [-0.4, -0.2) is 22.4 Å². The third-order valence-corrected chi connectivity index (χ3v) is 4.16. The summed E-state index contributed by atoms with van der Waals surface area (Å²) in [6, 6.07) is 0. The number of carbonyl (C=O) groups is 1. The van der Waals surface area contributed by atoms with Crippen molar-refractivity contribution in [3.05, 3.63) is 26.7 Å². The number of nitrogens with zero attached hydrogens (tertiary/aromatic N) is 2. The lowest BCUT2D eigenvalue weighted by atomic mass is 10.3. The Morgan fingerprint density at radius 2 is 2.22 bits per heavy atom. The van der Waals surface area contributed by atoms with Crippen LogP contribution in [0.15, 0.2) is 5.38 Å². The van der Waals surface area contributed by atoms with Crippen molar-refractivity contribution >= 4 is 33.7 Å². The van der Waals surface area contributed by atoms with Gasteiger partial charge in [0.2, 0.25) is 0 Å². The maximum Gasteiger partial charge on any atom is 0.263 e. The summed E-state index contributed by atoms with van der Waals surface area (Å²) < 4.78 is 0. The molecule has 0 fully saturated rings. The maximum absolute atomic E-state index is 11.9. The van der Waals surface area contributed by atoms with Crippen LogP contribution in [0.2, 0.25) is 0 Å². The fraction of sp³-hybridized carbons (Fsp3) is 0.364. The lowest BCUT2D eigenvalue weighted by molar-refractivity contribution is 0.0957. The average molecular weight is 282 g/mol. The molecular weight excluding hydrogens is 268 g/mol. The van der Waals surface area contributed by atoms with Crippen LogP contribution >= 0.6 is 22.7 Å². The minimum atomic E-state index is -0.117. The Labute approximate surface area is 113 Å². The van der Waals surface area contributed by atoms with Gasteiger partial charge < -0.3 is 11.1 Å². The molecule has 3 N–H and O–H groups in total. The van der Waals surface area contributed by atoms with E-state index in [4.69, 9.17) is 5.73 Å². The molecule has 0 saturated carbocycles. The number of hydrogen-bond acceptors (Lipinski definition) is 6. The zero-order valence-electron chi connectivity index (χ0n) is 10.2. The summed E-state index contributed by atoms with van der Waals surface area (Å²) in [6.45, 7) is 4.32. The molecule has 2 heterocycles. The van der Waals surface area contributed by atoms with Crippen LogP contribution in [-0.2, 0) is 6.42 Å². The number of nitrogen functional groups attached to an aromatic ring is 1. The highest BCUT2D eigenvalue weighted by atomic mass is 32.1. The fourth-order valence-electron chi connectivity index (χ4n) is 1.54. The van der Waals surface area contributed by atoms with E-state index in [-0.39, 0.29) is 5.91 Å². The van der Waals surface area contributed by atoms with E-state index >= 15 is 0 Å². The first-order valence-electron chi connectivity index (χ1n) is 5.48. The molecule has 7 heteroatoms. The molecule has 0 aromatic carbocycles. The monoisotopic (exact) mass is 282 g/mol. The van der Waals surface area contributed by atoms with Crippen molar-refractivity contribution in [2.75, 3.05) is 12.3 Å². The normalized spacial score (nSPS) is 10.6. The molecule has 0 aliphatic heterocycles. The van der Waals surface area contributed by atoms with Crippen molar-refractivity contribution in [2.45, 2.75) is 20.3 Å². The SMILES string of the molecule is Cc1nc(CCNC(=O)c2sc(N)nc2C)cs1. The first kappa shape index (κ1) is 13.0. The van der Waals surface area contributed by atoms with E-state index in [1.54, 1.807) is 18.3 Å². The van der Waals surface area contributed by atoms with E-state index in [0.717, 1.165) is 17.1 Å². The van der Waals surface area contributed by atoms with Crippen molar-refractivity contribution in [1.82, 2.24) is 15.3 Å². The van der Waals surface area contributed by atoms with E-state index in [0.29, 0.717) is 22.2 Å². The van der Waals surface area contributed by atoms with Gasteiger partial charge in [-0.1, -0.05) is 11.3 Å². The van der Waals surface area contributed by atoms with Gasteiger partial charge in [-0.15, -0.1) is 11.3 Å². The number of thiazole rings is 2. The smallest absolute Gasteiger partial charge is 0.263 e. The highest BCUT2D eigenvalue weighted by Gasteiger charge is 2.13. The molecule has 1 amide bonds. The van der Waals surface area contributed by atoms with Crippen molar-refractivity contribution in [2.24, 2.45) is 0 Å². The van der Waals surface area contributed by atoms with Crippen LogP contribution in [0, 0.1) is 13.8 Å². The number of nitrogens with two attached hydrogens (primary N) is 1. The molecule has 0 atom stereocenters. The predicted octanol–water partition coefficient (Wildman–Crippen LogP) is 1.77. The maximum atomic E-state index is 11.9. The molecule has 18 heavy (non-hydrogen) atoms. The van der Waals surface area contributed by atoms with E-state index in [9.17, 15) is 4.79 Å². The number of anilines is 1. The van der Waals surface area contributed by atoms with E-state index in [1.807, 2.05) is 12.3 Å². The zero-order valence-corrected chi connectivity index (χ0v) is 11.8. The first-order valence-corrected chi connectivity index (χ1v) is 7.18. The Kier molecular flexibility index (Phi) is 3.93. The van der Waals surface area contributed by atoms with Gasteiger partial charge in [0.1, 0.15) is 4.88 Å². The van der Waals surface area contributed by atoms with Gasteiger partial charge in [-0.2, -0.15) is 0 Å². The summed E-state index contributed by atoms with van der Waals surface area (Å²) in [7, 11) is 0. The molecule has 0 bridgehead atoms. The first-order chi connectivity index (χ1) is 8.56. The molecule has 2 aromatic heterocycles. The summed E-state index contributed by atoms with van der Waals surface area (Å²) in [5.41, 5.74) is 7.25. The highest BCUT2D eigenvalue weighted by Crippen LogP contribution is 2.19. The van der Waals surface area contributed by atoms with Crippen LogP contribution in [0.25, 0.3) is 0 Å². The lowest BCUT2D eigenvalue weighted by Gasteiger charge is -2.02. The van der Waals surface area contributed by atoms with Crippen molar-refractivity contribution in [1.29, 1.82) is 0 Å². The van der Waals surface area contributed by atoms with Gasteiger partial charge in [-0.05, 0) is 13.8 Å². The minimum Gasteiger partial charge on any atom is -0.375 e. The molecule has 0 aliphatic carbocycles. The molecule has 0 saturated heterocycles. The van der Waals surface area contributed by atoms with Gasteiger partial charge in [0, 0.05) is 18.3 Å². The largest absolute Gasteiger partial charge is 0.375 e. The number of rotatable bonds is 4. The average Bonchev–Trinajstić information content (AvgIpc) is 2.85. The summed E-state index contributed by atoms with van der Waals surface area (Å²) in [5, 5.41) is 6.33. The van der Waals surface area contributed by atoms with Gasteiger partial charge in [-0.25, -0.2) is 9.97 Å². The minimum absolute atomic E-state index is 0.117. The zero-order chi connectivity index (χ0) is 13.1. The number of hydrogen-bond donors (Lipinski definition) is 2. The third-order valence-electron chi connectivity index (χ3n) is 2.35. The van der Waals surface area contributed by atoms with E-state index < -0.39 is 0 Å². The highest BCUT2D eigenvalue weighted by molar-refractivity contribution is 7.17. The summed E-state index contributed by atoms with van der Waals surface area (Å²) in [6.07, 6.45) is 0.739. The number of aryl methyl sites for hydroxylation is 2. The number of amides is 1. The summed E-state index contributed by atoms with van der Waals surface area (Å²) in [5.74, 6) is -0.117. The van der Waals surface area contributed by atoms with E-state index in [2.05, 4.69) is 15.3 Å². The van der Waals surface area contributed by atoms with Gasteiger partial charge >= 0.3 is 0 Å². The number of carbonyl (C=O) groups excluding carboxylic acids is 1. The van der Waals surface area contributed by atoms with Gasteiger partial charge in [0.05, 0.1) is 16.4 Å². The Balaban J connectivity index is 1.87. The second-order valence-corrected chi connectivity index (χ2v) is 5.92. The van der Waals surface area contributed by atoms with Crippen LogP contribution < -0.4 is 11.1 Å². The van der Waals surface area contributed by atoms with Gasteiger partial charge in [0.25, 0.3) is 5.91 Å². The second kappa shape index (κ2) is 5.45. The molecule has 0 unspecified atom stereocenters. The van der Waals surface area contributed by atoms with Crippen molar-refractivity contribution in [3.63, 3.8) is 0 Å². The molecule has 5 nitrogen and oxygen atoms in total. The van der Waals surface area contributed by atoms with Crippen molar-refractivity contribution < 1.29 is 4.79 Å². The standard InChI is InChI=1S/C11H14N4OS2/c1-6-9(18-11(12)14-6)10(16)13-4-3-8-5-17-7(2)15-8/h5H,3-4H2,1-2H3,(H2,12,14)(H,13,16). The van der Waals surface area contributed by atoms with Crippen LogP contribution in [0.1, 0.15) is 26.1 Å². The molecule has 0 spiro atoms. The molecule has 0 aliphatic rings. The molecule has 96 valence electrons. The van der Waals surface area contributed by atoms with Crippen LogP contribution in [0.3, 0.4) is 0 Å². The lowest BCUT2D eigenvalue weighted by Crippen LogP contribution is -2.25. The number of aromatic nitrogens is 2. The molecule has 0 radical (unpaired) electrons. The summed E-state index contributed by atoms with van der Waals surface area (Å²) in [4.78, 5) is 20.8. The molecule has 2 aromatic rings. The van der Waals surface area contributed by atoms with Crippen LogP contribution in [0.5, 0.6) is 0 Å². The molecule has 2 rings (SSSR count). The second-order valence-electron chi connectivity index (χ2n) is 3.83. The predicted molar refractivity (Wildman–Crippen MR) is 74.2 cm³/mol. The Bertz CT molecular complexity index is 561. The van der Waals surface area contributed by atoms with Gasteiger partial charge in [-0.3, -0.25) is 4.79 Å². The van der Waals surface area contributed by atoms with Gasteiger partial charge in [0.15, 0.2) is 5.13 Å². The number of nitrogens with one attached hydrogen (secondary N) is 1. The Morgan fingerprint density at radius 3 is 2.78 bits per heavy atom. The Hall–Kier alpha value is -1.47. The van der Waals surface area contributed by atoms with E-state index in [1.165, 1.54) is 11.3 Å². The van der Waals surface area contributed by atoms with Crippen molar-refractivity contribution in [3.8, 4) is 0 Å². The summed E-state index contributed by atoms with van der Waals surface area (Å²) >= 11 is 2.83. The Morgan fingerprint density at radius 1 is 1.44 bits per heavy atom.